The first-order valence-corrected chi connectivity index (χ1v) is 4.58. The van der Waals surface area contributed by atoms with Crippen LogP contribution >= 0.6 is 0 Å². The Morgan fingerprint density at radius 3 is 2.23 bits per heavy atom. The van der Waals surface area contributed by atoms with E-state index in [0.29, 0.717) is 0 Å². The zero-order valence-corrected chi connectivity index (χ0v) is 8.96. The van der Waals surface area contributed by atoms with Gasteiger partial charge in [0.15, 0.2) is 5.72 Å². The van der Waals surface area contributed by atoms with Crippen molar-refractivity contribution in [3.05, 3.63) is 12.7 Å². The second kappa shape index (κ2) is 5.02. The van der Waals surface area contributed by atoms with Crippen molar-refractivity contribution in [1.82, 2.24) is 4.90 Å². The Kier molecular flexibility index (Phi) is 4.70. The lowest BCUT2D eigenvalue weighted by Crippen LogP contribution is -2.46. The summed E-state index contributed by atoms with van der Waals surface area (Å²) in [6, 6.07) is 0. The van der Waals surface area contributed by atoms with E-state index in [-0.39, 0.29) is 5.97 Å². The molecule has 0 spiro atoms. The Morgan fingerprint density at radius 2 is 1.92 bits per heavy atom. The van der Waals surface area contributed by atoms with E-state index in [1.807, 2.05) is 27.7 Å². The third-order valence-corrected chi connectivity index (χ3v) is 2.04. The van der Waals surface area contributed by atoms with Crippen LogP contribution in [0.2, 0.25) is 0 Å². The van der Waals surface area contributed by atoms with E-state index in [2.05, 4.69) is 11.5 Å². The molecule has 13 heavy (non-hydrogen) atoms. The maximum Gasteiger partial charge on any atom is 0.331 e. The number of rotatable bonds is 5. The molecule has 0 fully saturated rings. The normalized spacial score (nSPS) is 11.5. The van der Waals surface area contributed by atoms with Crippen LogP contribution in [-0.4, -0.2) is 29.7 Å². The number of hydrogen-bond donors (Lipinski definition) is 0. The average Bonchev–Trinajstić information content (AvgIpc) is 2.05. The van der Waals surface area contributed by atoms with Gasteiger partial charge in [0.05, 0.1) is 0 Å². The van der Waals surface area contributed by atoms with Gasteiger partial charge in [0.2, 0.25) is 0 Å². The Balaban J connectivity index is 4.34. The first-order valence-electron chi connectivity index (χ1n) is 4.58. The van der Waals surface area contributed by atoms with Gasteiger partial charge in [0, 0.05) is 6.08 Å². The number of nitrogens with zero attached hydrogens (tertiary/aromatic N) is 1. The van der Waals surface area contributed by atoms with E-state index >= 15 is 0 Å². The second-order valence-electron chi connectivity index (χ2n) is 3.24. The molecule has 0 radical (unpaired) electrons. The topological polar surface area (TPSA) is 29.5 Å². The van der Waals surface area contributed by atoms with E-state index in [4.69, 9.17) is 4.74 Å². The van der Waals surface area contributed by atoms with Crippen LogP contribution in [0.3, 0.4) is 0 Å². The molecule has 0 saturated heterocycles. The van der Waals surface area contributed by atoms with Gasteiger partial charge in [-0.1, -0.05) is 20.4 Å². The molecule has 0 atom stereocenters. The summed E-state index contributed by atoms with van der Waals surface area (Å²) in [5.74, 6) is -0.378. The standard InChI is InChI=1S/C10H19NO2/c1-6-9(12)13-10(4,5)11(7-2)8-3/h6H,1,7-8H2,2-5H3. The van der Waals surface area contributed by atoms with E-state index in [0.717, 1.165) is 13.1 Å². The Labute approximate surface area is 80.4 Å². The SMILES string of the molecule is C=CC(=O)OC(C)(C)N(CC)CC. The molecule has 0 bridgehead atoms. The maximum absolute atomic E-state index is 11.0. The lowest BCUT2D eigenvalue weighted by Gasteiger charge is -2.35. The van der Waals surface area contributed by atoms with Crippen LogP contribution in [0.5, 0.6) is 0 Å². The van der Waals surface area contributed by atoms with Crippen LogP contribution in [0, 0.1) is 0 Å². The first-order chi connectivity index (χ1) is 5.97. The summed E-state index contributed by atoms with van der Waals surface area (Å²) in [4.78, 5) is 13.1. The summed E-state index contributed by atoms with van der Waals surface area (Å²) in [6.45, 7) is 12.9. The number of carbonyl (C=O) groups is 1. The van der Waals surface area contributed by atoms with Gasteiger partial charge in [-0.05, 0) is 26.9 Å². The quantitative estimate of drug-likeness (QED) is 0.371. The number of carbonyl (C=O) groups excluding carboxylic acids is 1. The Hall–Kier alpha value is -0.830. The first kappa shape index (κ1) is 12.2. The van der Waals surface area contributed by atoms with E-state index < -0.39 is 5.72 Å². The Morgan fingerprint density at radius 1 is 1.46 bits per heavy atom. The Bertz CT molecular complexity index is 183. The van der Waals surface area contributed by atoms with E-state index in [9.17, 15) is 4.79 Å². The minimum absolute atomic E-state index is 0.378. The molecule has 0 aromatic carbocycles. The summed E-state index contributed by atoms with van der Waals surface area (Å²) in [5, 5.41) is 0. The number of hydrogen-bond acceptors (Lipinski definition) is 3. The molecule has 0 rings (SSSR count). The average molecular weight is 185 g/mol. The molecule has 0 aliphatic carbocycles. The van der Waals surface area contributed by atoms with Gasteiger partial charge < -0.3 is 4.74 Å². The third-order valence-electron chi connectivity index (χ3n) is 2.04. The minimum Gasteiger partial charge on any atom is -0.441 e. The van der Waals surface area contributed by atoms with Crippen molar-refractivity contribution in [2.45, 2.75) is 33.4 Å². The fourth-order valence-corrected chi connectivity index (χ4v) is 1.34. The van der Waals surface area contributed by atoms with Crippen LogP contribution < -0.4 is 0 Å². The monoisotopic (exact) mass is 185 g/mol. The summed E-state index contributed by atoms with van der Waals surface area (Å²) >= 11 is 0. The van der Waals surface area contributed by atoms with E-state index in [1.165, 1.54) is 6.08 Å². The van der Waals surface area contributed by atoms with E-state index in [1.54, 1.807) is 0 Å². The predicted octanol–water partition coefficient (Wildman–Crippen LogP) is 1.79. The summed E-state index contributed by atoms with van der Waals surface area (Å²) in [6.07, 6.45) is 1.19. The molecule has 0 amide bonds. The molecule has 0 saturated carbocycles. The molecule has 0 aromatic heterocycles. The summed E-state index contributed by atoms with van der Waals surface area (Å²) in [5.41, 5.74) is -0.547. The van der Waals surface area contributed by atoms with Crippen molar-refractivity contribution in [3.8, 4) is 0 Å². The lowest BCUT2D eigenvalue weighted by atomic mass is 10.2. The molecular formula is C10H19NO2. The van der Waals surface area contributed by atoms with Gasteiger partial charge in [-0.25, -0.2) is 4.79 Å². The van der Waals surface area contributed by atoms with Crippen molar-refractivity contribution in [2.24, 2.45) is 0 Å². The molecule has 0 aliphatic rings. The molecular weight excluding hydrogens is 166 g/mol. The summed E-state index contributed by atoms with van der Waals surface area (Å²) in [7, 11) is 0. The summed E-state index contributed by atoms with van der Waals surface area (Å²) < 4.78 is 5.20. The van der Waals surface area contributed by atoms with Crippen molar-refractivity contribution in [2.75, 3.05) is 13.1 Å². The molecule has 0 aromatic rings. The second-order valence-corrected chi connectivity index (χ2v) is 3.24. The number of ether oxygens (including phenoxy) is 1. The van der Waals surface area contributed by atoms with Crippen LogP contribution in [0.4, 0.5) is 0 Å². The molecule has 0 unspecified atom stereocenters. The van der Waals surface area contributed by atoms with Crippen LogP contribution in [0.25, 0.3) is 0 Å². The van der Waals surface area contributed by atoms with Gasteiger partial charge in [-0.3, -0.25) is 4.90 Å². The molecule has 0 aliphatic heterocycles. The smallest absolute Gasteiger partial charge is 0.331 e. The maximum atomic E-state index is 11.0. The van der Waals surface area contributed by atoms with Crippen LogP contribution in [-0.2, 0) is 9.53 Å². The third kappa shape index (κ3) is 3.59. The highest BCUT2D eigenvalue weighted by Gasteiger charge is 2.27. The van der Waals surface area contributed by atoms with Crippen LogP contribution in [0.1, 0.15) is 27.7 Å². The van der Waals surface area contributed by atoms with Gasteiger partial charge >= 0.3 is 5.97 Å². The molecule has 3 heteroatoms. The lowest BCUT2D eigenvalue weighted by molar-refractivity contribution is -0.170. The molecule has 0 N–H and O–H groups in total. The van der Waals surface area contributed by atoms with Crippen LogP contribution in [0.15, 0.2) is 12.7 Å². The fourth-order valence-electron chi connectivity index (χ4n) is 1.34. The van der Waals surface area contributed by atoms with Gasteiger partial charge in [0.25, 0.3) is 0 Å². The molecule has 76 valence electrons. The van der Waals surface area contributed by atoms with Gasteiger partial charge in [0.1, 0.15) is 0 Å². The molecule has 3 nitrogen and oxygen atoms in total. The van der Waals surface area contributed by atoms with Gasteiger partial charge in [-0.2, -0.15) is 0 Å². The highest BCUT2D eigenvalue weighted by atomic mass is 16.6. The van der Waals surface area contributed by atoms with Crippen molar-refractivity contribution in [1.29, 1.82) is 0 Å². The zero-order chi connectivity index (χ0) is 10.5. The highest BCUT2D eigenvalue weighted by molar-refractivity contribution is 5.81. The number of esters is 1. The van der Waals surface area contributed by atoms with Crippen molar-refractivity contribution >= 4 is 5.97 Å². The fraction of sp³-hybridized carbons (Fsp3) is 0.700. The largest absolute Gasteiger partial charge is 0.441 e. The predicted molar refractivity (Wildman–Crippen MR) is 53.3 cm³/mol. The van der Waals surface area contributed by atoms with Crippen molar-refractivity contribution in [3.63, 3.8) is 0 Å². The zero-order valence-electron chi connectivity index (χ0n) is 8.96. The minimum atomic E-state index is -0.547. The molecule has 0 heterocycles. The highest BCUT2D eigenvalue weighted by Crippen LogP contribution is 2.15. The van der Waals surface area contributed by atoms with Crippen molar-refractivity contribution < 1.29 is 9.53 Å². The van der Waals surface area contributed by atoms with Gasteiger partial charge in [-0.15, -0.1) is 0 Å².